The van der Waals surface area contributed by atoms with Crippen molar-refractivity contribution < 1.29 is 13.7 Å². The lowest BCUT2D eigenvalue weighted by Crippen LogP contribution is -2.28. The van der Waals surface area contributed by atoms with Gasteiger partial charge in [-0.1, -0.05) is 49.1 Å². The van der Waals surface area contributed by atoms with E-state index in [9.17, 15) is 9.00 Å². The summed E-state index contributed by atoms with van der Waals surface area (Å²) >= 11 is 0. The first-order valence-electron chi connectivity index (χ1n) is 7.00. The van der Waals surface area contributed by atoms with E-state index >= 15 is 0 Å². The fraction of sp³-hybridized carbons (Fsp3) is 0.562. The fourth-order valence-electron chi connectivity index (χ4n) is 2.29. The first-order valence-corrected chi connectivity index (χ1v) is 8.38. The molecule has 0 amide bonds. The summed E-state index contributed by atoms with van der Waals surface area (Å²) in [6.45, 7) is 6.10. The third-order valence-corrected chi connectivity index (χ3v) is 4.87. The second-order valence-corrected chi connectivity index (χ2v) is 6.79. The van der Waals surface area contributed by atoms with Crippen LogP contribution in [-0.2, 0) is 26.1 Å². The Hall–Kier alpha value is -1.16. The van der Waals surface area contributed by atoms with Gasteiger partial charge in [0.05, 0.1) is 7.11 Å². The third-order valence-electron chi connectivity index (χ3n) is 3.19. The van der Waals surface area contributed by atoms with E-state index in [1.807, 2.05) is 26.0 Å². The Kier molecular flexibility index (Phi) is 6.93. The van der Waals surface area contributed by atoms with Crippen molar-refractivity contribution in [1.29, 1.82) is 0 Å². The molecule has 0 aliphatic heterocycles. The summed E-state index contributed by atoms with van der Waals surface area (Å²) in [5.74, 6) is 0.0487. The normalized spacial score (nSPS) is 13.8. The lowest BCUT2D eigenvalue weighted by molar-refractivity contribution is -0.140. The average molecular weight is 296 g/mol. The summed E-state index contributed by atoms with van der Waals surface area (Å²) in [5, 5.41) is -0.513. The number of carbonyl (C=O) groups is 1. The summed E-state index contributed by atoms with van der Waals surface area (Å²) in [4.78, 5) is 11.8. The zero-order valence-electron chi connectivity index (χ0n) is 12.8. The summed E-state index contributed by atoms with van der Waals surface area (Å²) < 4.78 is 17.2. The third kappa shape index (κ3) is 5.08. The average Bonchev–Trinajstić information content (AvgIpc) is 2.37. The Labute approximate surface area is 124 Å². The van der Waals surface area contributed by atoms with Crippen LogP contribution in [0.3, 0.4) is 0 Å². The molecule has 1 aromatic rings. The molecule has 0 fully saturated rings. The van der Waals surface area contributed by atoms with Gasteiger partial charge in [-0.2, -0.15) is 0 Å². The van der Waals surface area contributed by atoms with Crippen LogP contribution in [0, 0.1) is 13.8 Å². The standard InChI is InChI=1S/C16H24O3S/c1-5-6-7-15(16(17)19-4)20(18)11-14-9-12(2)8-13(3)10-14/h8-10,15H,5-7,11H2,1-4H3. The first-order chi connectivity index (χ1) is 9.47. The van der Waals surface area contributed by atoms with E-state index in [1.54, 1.807) is 0 Å². The molecule has 112 valence electrons. The van der Waals surface area contributed by atoms with Crippen molar-refractivity contribution in [2.75, 3.05) is 7.11 Å². The topological polar surface area (TPSA) is 43.4 Å². The van der Waals surface area contributed by atoms with Crippen LogP contribution < -0.4 is 0 Å². The SMILES string of the molecule is CCCCC(C(=O)OC)S(=O)Cc1cc(C)cc(C)c1. The van der Waals surface area contributed by atoms with Gasteiger partial charge in [0, 0.05) is 16.6 Å². The van der Waals surface area contributed by atoms with Crippen LogP contribution in [0.2, 0.25) is 0 Å². The van der Waals surface area contributed by atoms with E-state index < -0.39 is 16.0 Å². The van der Waals surface area contributed by atoms with Crippen molar-refractivity contribution in [3.8, 4) is 0 Å². The molecule has 0 N–H and O–H groups in total. The number of methoxy groups -OCH3 is 1. The smallest absolute Gasteiger partial charge is 0.321 e. The largest absolute Gasteiger partial charge is 0.468 e. The number of hydrogen-bond acceptors (Lipinski definition) is 3. The number of unbranched alkanes of at least 4 members (excludes halogenated alkanes) is 1. The molecule has 1 aromatic carbocycles. The molecule has 0 saturated carbocycles. The van der Waals surface area contributed by atoms with E-state index in [2.05, 4.69) is 13.0 Å². The van der Waals surface area contributed by atoms with Crippen molar-refractivity contribution >= 4 is 16.8 Å². The zero-order valence-corrected chi connectivity index (χ0v) is 13.6. The minimum Gasteiger partial charge on any atom is -0.468 e. The summed E-state index contributed by atoms with van der Waals surface area (Å²) in [5.41, 5.74) is 3.33. The van der Waals surface area contributed by atoms with Crippen molar-refractivity contribution in [3.05, 3.63) is 34.9 Å². The Morgan fingerprint density at radius 1 is 1.25 bits per heavy atom. The van der Waals surface area contributed by atoms with Gasteiger partial charge in [0.15, 0.2) is 0 Å². The van der Waals surface area contributed by atoms with Crippen LogP contribution in [0.15, 0.2) is 18.2 Å². The minimum absolute atomic E-state index is 0.360. The van der Waals surface area contributed by atoms with Crippen LogP contribution in [0.5, 0.6) is 0 Å². The molecule has 3 nitrogen and oxygen atoms in total. The molecule has 2 unspecified atom stereocenters. The van der Waals surface area contributed by atoms with Crippen LogP contribution >= 0.6 is 0 Å². The second kappa shape index (κ2) is 8.20. The van der Waals surface area contributed by atoms with Crippen molar-refractivity contribution in [1.82, 2.24) is 0 Å². The first kappa shape index (κ1) is 16.9. The van der Waals surface area contributed by atoms with Crippen molar-refractivity contribution in [2.45, 2.75) is 51.0 Å². The molecule has 4 heteroatoms. The lowest BCUT2D eigenvalue weighted by Gasteiger charge is -2.14. The van der Waals surface area contributed by atoms with Crippen LogP contribution in [0.4, 0.5) is 0 Å². The lowest BCUT2D eigenvalue weighted by atomic mass is 10.1. The fourth-order valence-corrected chi connectivity index (χ4v) is 3.73. The van der Waals surface area contributed by atoms with Crippen LogP contribution in [0.1, 0.15) is 42.9 Å². The van der Waals surface area contributed by atoms with Crippen LogP contribution in [-0.4, -0.2) is 22.5 Å². The van der Waals surface area contributed by atoms with Gasteiger partial charge in [-0.05, 0) is 25.8 Å². The maximum atomic E-state index is 12.5. The van der Waals surface area contributed by atoms with E-state index in [4.69, 9.17) is 4.74 Å². The molecule has 0 aliphatic carbocycles. The molecule has 2 atom stereocenters. The Bertz CT molecular complexity index is 462. The molecule has 0 heterocycles. The number of ether oxygens (including phenoxy) is 1. The zero-order chi connectivity index (χ0) is 15.1. The maximum absolute atomic E-state index is 12.5. The number of aryl methyl sites for hydroxylation is 2. The molecule has 0 bridgehead atoms. The summed E-state index contributed by atoms with van der Waals surface area (Å²) in [6, 6.07) is 6.14. The predicted molar refractivity (Wildman–Crippen MR) is 83.1 cm³/mol. The molecular weight excluding hydrogens is 272 g/mol. The van der Waals surface area contributed by atoms with E-state index in [0.29, 0.717) is 12.2 Å². The monoisotopic (exact) mass is 296 g/mol. The van der Waals surface area contributed by atoms with Crippen molar-refractivity contribution in [3.63, 3.8) is 0 Å². The highest BCUT2D eigenvalue weighted by atomic mass is 32.2. The molecule has 0 saturated heterocycles. The molecule has 0 radical (unpaired) electrons. The Balaban J connectivity index is 2.81. The highest BCUT2D eigenvalue weighted by molar-refractivity contribution is 7.85. The number of benzene rings is 1. The van der Waals surface area contributed by atoms with Gasteiger partial charge < -0.3 is 4.74 Å². The molecule has 0 spiro atoms. The molecular formula is C16H24O3S. The van der Waals surface area contributed by atoms with Gasteiger partial charge in [-0.25, -0.2) is 0 Å². The van der Waals surface area contributed by atoms with E-state index in [1.165, 1.54) is 7.11 Å². The second-order valence-electron chi connectivity index (χ2n) is 5.18. The van der Waals surface area contributed by atoms with Crippen molar-refractivity contribution in [2.24, 2.45) is 0 Å². The highest BCUT2D eigenvalue weighted by Gasteiger charge is 2.25. The highest BCUT2D eigenvalue weighted by Crippen LogP contribution is 2.16. The van der Waals surface area contributed by atoms with E-state index in [-0.39, 0.29) is 5.97 Å². The van der Waals surface area contributed by atoms with Crippen LogP contribution in [0.25, 0.3) is 0 Å². The summed E-state index contributed by atoms with van der Waals surface area (Å²) in [7, 11) is 0.125. The van der Waals surface area contributed by atoms with Gasteiger partial charge in [-0.15, -0.1) is 0 Å². The number of carbonyl (C=O) groups excluding carboxylic acids is 1. The predicted octanol–water partition coefficient (Wildman–Crippen LogP) is 3.28. The molecule has 0 aliphatic rings. The van der Waals surface area contributed by atoms with Gasteiger partial charge in [0.25, 0.3) is 0 Å². The maximum Gasteiger partial charge on any atom is 0.321 e. The minimum atomic E-state index is -1.23. The molecule has 0 aromatic heterocycles. The number of rotatable bonds is 7. The Morgan fingerprint density at radius 2 is 1.85 bits per heavy atom. The summed E-state index contributed by atoms with van der Waals surface area (Å²) in [6.07, 6.45) is 2.49. The van der Waals surface area contributed by atoms with E-state index in [0.717, 1.165) is 29.5 Å². The van der Waals surface area contributed by atoms with Gasteiger partial charge in [0.2, 0.25) is 0 Å². The van der Waals surface area contributed by atoms with Gasteiger partial charge in [-0.3, -0.25) is 9.00 Å². The Morgan fingerprint density at radius 3 is 2.35 bits per heavy atom. The number of hydrogen-bond donors (Lipinski definition) is 0. The number of esters is 1. The molecule has 1 rings (SSSR count). The quantitative estimate of drug-likeness (QED) is 0.725. The van der Waals surface area contributed by atoms with Gasteiger partial charge >= 0.3 is 5.97 Å². The molecule has 20 heavy (non-hydrogen) atoms. The van der Waals surface area contributed by atoms with Gasteiger partial charge in [0.1, 0.15) is 5.25 Å².